The van der Waals surface area contributed by atoms with Crippen molar-refractivity contribution in [3.63, 3.8) is 0 Å². The van der Waals surface area contributed by atoms with E-state index in [1.54, 1.807) is 0 Å². The van der Waals surface area contributed by atoms with Crippen molar-refractivity contribution in [2.45, 2.75) is 58.2 Å². The molecule has 2 unspecified atom stereocenters. The minimum atomic E-state index is 0.482. The van der Waals surface area contributed by atoms with Crippen LogP contribution in [0.4, 0.5) is 0 Å². The topological polar surface area (TPSA) is 21.3 Å². The predicted octanol–water partition coefficient (Wildman–Crippen LogP) is 3.54. The fraction of sp³-hybridized carbons (Fsp3) is 0.667. The van der Waals surface area contributed by atoms with Crippen LogP contribution in [0, 0.1) is 11.8 Å². The molecule has 0 spiro atoms. The molecule has 0 aromatic heterocycles. The molecule has 0 amide bonds. The molecule has 1 aromatic rings. The van der Waals surface area contributed by atoms with Gasteiger partial charge in [-0.15, -0.1) is 0 Å². The van der Waals surface area contributed by atoms with Crippen LogP contribution in [-0.2, 0) is 17.7 Å². The zero-order valence-corrected chi connectivity index (χ0v) is 12.8. The third-order valence-electron chi connectivity index (χ3n) is 4.46. The Hall–Kier alpha value is -0.860. The zero-order valence-electron chi connectivity index (χ0n) is 12.8. The van der Waals surface area contributed by atoms with Crippen LogP contribution in [0.25, 0.3) is 0 Å². The number of ether oxygens (including phenoxy) is 1. The number of hydrogen-bond acceptors (Lipinski definition) is 2. The van der Waals surface area contributed by atoms with Gasteiger partial charge >= 0.3 is 0 Å². The third-order valence-corrected chi connectivity index (χ3v) is 4.46. The maximum atomic E-state index is 5.88. The van der Waals surface area contributed by atoms with Crippen LogP contribution < -0.4 is 5.32 Å². The van der Waals surface area contributed by atoms with E-state index in [0.717, 1.165) is 25.0 Å². The Labute approximate surface area is 122 Å². The molecule has 2 atom stereocenters. The summed E-state index contributed by atoms with van der Waals surface area (Å²) in [6, 6.07) is 9.67. The molecule has 2 fully saturated rings. The molecular formula is C18H27NO. The fourth-order valence-corrected chi connectivity index (χ4v) is 3.23. The molecule has 1 aromatic carbocycles. The highest BCUT2D eigenvalue weighted by Gasteiger charge is 2.40. The summed E-state index contributed by atoms with van der Waals surface area (Å²) in [5, 5.41) is 3.70. The lowest BCUT2D eigenvalue weighted by atomic mass is 10.0. The molecule has 3 rings (SSSR count). The first kappa shape index (κ1) is 14.1. The van der Waals surface area contributed by atoms with Gasteiger partial charge in [0.15, 0.2) is 0 Å². The van der Waals surface area contributed by atoms with Gasteiger partial charge in [0, 0.05) is 19.2 Å². The highest BCUT2D eigenvalue weighted by atomic mass is 16.5. The van der Waals surface area contributed by atoms with Crippen LogP contribution in [0.3, 0.4) is 0 Å². The molecule has 0 bridgehead atoms. The average Bonchev–Trinajstić information content (AvgIpc) is 3.16. The number of nitrogens with one attached hydrogen (secondary N) is 1. The van der Waals surface area contributed by atoms with Crippen LogP contribution in [0.15, 0.2) is 24.3 Å². The summed E-state index contributed by atoms with van der Waals surface area (Å²) < 4.78 is 5.88. The lowest BCUT2D eigenvalue weighted by Gasteiger charge is -2.19. The fourth-order valence-electron chi connectivity index (χ4n) is 3.23. The summed E-state index contributed by atoms with van der Waals surface area (Å²) in [4.78, 5) is 0. The molecule has 1 N–H and O–H groups in total. The van der Waals surface area contributed by atoms with Crippen molar-refractivity contribution in [1.29, 1.82) is 0 Å². The van der Waals surface area contributed by atoms with E-state index in [1.807, 2.05) is 0 Å². The van der Waals surface area contributed by atoms with Crippen molar-refractivity contribution < 1.29 is 4.74 Å². The molecule has 1 saturated carbocycles. The minimum absolute atomic E-state index is 0.482. The van der Waals surface area contributed by atoms with Gasteiger partial charge in [-0.05, 0) is 48.6 Å². The molecule has 1 aliphatic heterocycles. The molecule has 20 heavy (non-hydrogen) atoms. The summed E-state index contributed by atoms with van der Waals surface area (Å²) in [5.74, 6) is 1.57. The van der Waals surface area contributed by atoms with Gasteiger partial charge in [0.2, 0.25) is 0 Å². The molecule has 2 aliphatic rings. The average molecular weight is 273 g/mol. The third kappa shape index (κ3) is 3.62. The van der Waals surface area contributed by atoms with E-state index < -0.39 is 0 Å². The normalized spacial score (nSPS) is 26.4. The Kier molecular flexibility index (Phi) is 4.42. The SMILES string of the molecule is CC(C)Cc1ccc(CNC2CCOC2C2CC2)cc1. The summed E-state index contributed by atoms with van der Waals surface area (Å²) in [6.45, 7) is 6.45. The van der Waals surface area contributed by atoms with Gasteiger partial charge in [-0.3, -0.25) is 0 Å². The second-order valence-corrected chi connectivity index (χ2v) is 6.86. The first-order chi connectivity index (χ1) is 9.72. The van der Waals surface area contributed by atoms with Gasteiger partial charge in [-0.2, -0.15) is 0 Å². The highest BCUT2D eigenvalue weighted by molar-refractivity contribution is 5.22. The lowest BCUT2D eigenvalue weighted by molar-refractivity contribution is 0.0809. The van der Waals surface area contributed by atoms with Crippen molar-refractivity contribution in [2.75, 3.05) is 6.61 Å². The molecule has 1 heterocycles. The van der Waals surface area contributed by atoms with Crippen molar-refractivity contribution in [1.82, 2.24) is 5.32 Å². The molecule has 1 aliphatic carbocycles. The zero-order chi connectivity index (χ0) is 13.9. The summed E-state index contributed by atoms with van der Waals surface area (Å²) >= 11 is 0. The molecule has 2 nitrogen and oxygen atoms in total. The van der Waals surface area contributed by atoms with Crippen LogP contribution in [0.2, 0.25) is 0 Å². The van der Waals surface area contributed by atoms with Crippen molar-refractivity contribution >= 4 is 0 Å². The van der Waals surface area contributed by atoms with Gasteiger partial charge < -0.3 is 10.1 Å². The maximum Gasteiger partial charge on any atom is 0.0757 e. The first-order valence-electron chi connectivity index (χ1n) is 8.15. The number of rotatable bonds is 6. The molecule has 110 valence electrons. The smallest absolute Gasteiger partial charge is 0.0757 e. The second-order valence-electron chi connectivity index (χ2n) is 6.86. The van der Waals surface area contributed by atoms with Crippen molar-refractivity contribution in [3.05, 3.63) is 35.4 Å². The van der Waals surface area contributed by atoms with Crippen LogP contribution >= 0.6 is 0 Å². The summed E-state index contributed by atoms with van der Waals surface area (Å²) in [6.07, 6.45) is 5.57. The Balaban J connectivity index is 1.50. The quantitative estimate of drug-likeness (QED) is 0.856. The Bertz CT molecular complexity index is 422. The van der Waals surface area contributed by atoms with Crippen LogP contribution in [0.5, 0.6) is 0 Å². The van der Waals surface area contributed by atoms with Gasteiger partial charge in [-0.1, -0.05) is 38.1 Å². The van der Waals surface area contributed by atoms with Crippen LogP contribution in [-0.4, -0.2) is 18.8 Å². The standard InChI is InChI=1S/C18H27NO/c1-13(2)11-14-3-5-15(6-4-14)12-19-17-9-10-20-18(17)16-7-8-16/h3-6,13,16-19H,7-12H2,1-2H3. The van der Waals surface area contributed by atoms with E-state index >= 15 is 0 Å². The lowest BCUT2D eigenvalue weighted by Crippen LogP contribution is -2.37. The van der Waals surface area contributed by atoms with E-state index in [4.69, 9.17) is 4.74 Å². The molecule has 2 heteroatoms. The Morgan fingerprint density at radius 2 is 1.80 bits per heavy atom. The van der Waals surface area contributed by atoms with Crippen molar-refractivity contribution in [3.8, 4) is 0 Å². The van der Waals surface area contributed by atoms with E-state index in [2.05, 4.69) is 43.4 Å². The first-order valence-corrected chi connectivity index (χ1v) is 8.15. The van der Waals surface area contributed by atoms with E-state index in [1.165, 1.54) is 36.8 Å². The van der Waals surface area contributed by atoms with Gasteiger partial charge in [-0.25, -0.2) is 0 Å². The Morgan fingerprint density at radius 3 is 2.45 bits per heavy atom. The molecule has 0 radical (unpaired) electrons. The van der Waals surface area contributed by atoms with E-state index in [9.17, 15) is 0 Å². The number of hydrogen-bond donors (Lipinski definition) is 1. The minimum Gasteiger partial charge on any atom is -0.376 e. The summed E-state index contributed by atoms with van der Waals surface area (Å²) in [7, 11) is 0. The van der Waals surface area contributed by atoms with E-state index in [0.29, 0.717) is 12.1 Å². The second kappa shape index (κ2) is 6.28. The Morgan fingerprint density at radius 1 is 1.10 bits per heavy atom. The van der Waals surface area contributed by atoms with Gasteiger partial charge in [0.05, 0.1) is 6.10 Å². The van der Waals surface area contributed by atoms with Gasteiger partial charge in [0.1, 0.15) is 0 Å². The predicted molar refractivity (Wildman–Crippen MR) is 82.7 cm³/mol. The molecule has 1 saturated heterocycles. The van der Waals surface area contributed by atoms with Gasteiger partial charge in [0.25, 0.3) is 0 Å². The largest absolute Gasteiger partial charge is 0.376 e. The molecular weight excluding hydrogens is 246 g/mol. The van der Waals surface area contributed by atoms with E-state index in [-0.39, 0.29) is 0 Å². The van der Waals surface area contributed by atoms with Crippen molar-refractivity contribution in [2.24, 2.45) is 11.8 Å². The monoisotopic (exact) mass is 273 g/mol. The maximum absolute atomic E-state index is 5.88. The van der Waals surface area contributed by atoms with Crippen LogP contribution in [0.1, 0.15) is 44.2 Å². The highest BCUT2D eigenvalue weighted by Crippen LogP contribution is 2.38. The summed E-state index contributed by atoms with van der Waals surface area (Å²) in [5.41, 5.74) is 2.84. The number of benzene rings is 1.